The number of pyridine rings is 1. The zero-order chi connectivity index (χ0) is 13.8. The number of thiocarbonyl (C=S) groups is 1. The van der Waals surface area contributed by atoms with Crippen molar-refractivity contribution in [1.29, 1.82) is 0 Å². The Hall–Kier alpha value is -1.94. The van der Waals surface area contributed by atoms with Crippen LogP contribution < -0.4 is 10.6 Å². The van der Waals surface area contributed by atoms with Gasteiger partial charge in [-0.2, -0.15) is 0 Å². The van der Waals surface area contributed by atoms with Gasteiger partial charge in [-0.05, 0) is 36.2 Å². The minimum Gasteiger partial charge on any atom is -0.388 e. The Morgan fingerprint density at radius 3 is 2.53 bits per heavy atom. The summed E-state index contributed by atoms with van der Waals surface area (Å²) in [5, 5.41) is 0. The molecule has 0 radical (unpaired) electrons. The fourth-order valence-electron chi connectivity index (χ4n) is 1.95. The third-order valence-electron chi connectivity index (χ3n) is 3.11. The van der Waals surface area contributed by atoms with E-state index in [1.165, 1.54) is 5.56 Å². The molecule has 2 rings (SSSR count). The number of aromatic nitrogens is 1. The van der Waals surface area contributed by atoms with E-state index in [-0.39, 0.29) is 0 Å². The van der Waals surface area contributed by atoms with Crippen LogP contribution in [-0.4, -0.2) is 17.0 Å². The molecular formula is C15H17N3S. The molecule has 3 nitrogen and oxygen atoms in total. The summed E-state index contributed by atoms with van der Waals surface area (Å²) in [6.07, 6.45) is 2.74. The van der Waals surface area contributed by atoms with Crippen LogP contribution in [0, 0.1) is 0 Å². The molecule has 0 aliphatic heterocycles. The van der Waals surface area contributed by atoms with Crippen LogP contribution in [0.5, 0.6) is 0 Å². The monoisotopic (exact) mass is 271 g/mol. The van der Waals surface area contributed by atoms with Gasteiger partial charge in [-0.3, -0.25) is 4.98 Å². The third kappa shape index (κ3) is 2.90. The van der Waals surface area contributed by atoms with E-state index in [9.17, 15) is 0 Å². The lowest BCUT2D eigenvalue weighted by Gasteiger charge is -2.21. The Labute approximate surface area is 119 Å². The Morgan fingerprint density at radius 1 is 1.26 bits per heavy atom. The molecule has 98 valence electrons. The summed E-state index contributed by atoms with van der Waals surface area (Å²) in [6.45, 7) is 2.14. The van der Waals surface area contributed by atoms with Gasteiger partial charge in [-0.1, -0.05) is 31.3 Å². The van der Waals surface area contributed by atoms with E-state index in [1.807, 2.05) is 24.1 Å². The molecular weight excluding hydrogens is 254 g/mol. The third-order valence-corrected chi connectivity index (χ3v) is 3.31. The molecule has 0 unspecified atom stereocenters. The van der Waals surface area contributed by atoms with E-state index >= 15 is 0 Å². The molecule has 1 aromatic heterocycles. The van der Waals surface area contributed by atoms with Gasteiger partial charge in [0.15, 0.2) is 0 Å². The van der Waals surface area contributed by atoms with Crippen LogP contribution in [0.3, 0.4) is 0 Å². The quantitative estimate of drug-likeness (QED) is 0.868. The molecule has 4 heteroatoms. The fourth-order valence-corrected chi connectivity index (χ4v) is 2.11. The van der Waals surface area contributed by atoms with Crippen LogP contribution in [0.4, 0.5) is 11.4 Å². The number of nitrogens with two attached hydrogens (primary N) is 1. The van der Waals surface area contributed by atoms with Gasteiger partial charge in [0.1, 0.15) is 10.7 Å². The summed E-state index contributed by atoms with van der Waals surface area (Å²) in [4.78, 5) is 6.61. The van der Waals surface area contributed by atoms with Gasteiger partial charge in [-0.15, -0.1) is 0 Å². The summed E-state index contributed by atoms with van der Waals surface area (Å²) in [7, 11) is 1.99. The lowest BCUT2D eigenvalue weighted by atomic mass is 10.1. The van der Waals surface area contributed by atoms with Crippen LogP contribution in [0.2, 0.25) is 0 Å². The van der Waals surface area contributed by atoms with Gasteiger partial charge in [-0.25, -0.2) is 0 Å². The lowest BCUT2D eigenvalue weighted by molar-refractivity contribution is 1.12. The highest BCUT2D eigenvalue weighted by Gasteiger charge is 2.11. The van der Waals surface area contributed by atoms with Gasteiger partial charge in [0.2, 0.25) is 0 Å². The molecule has 0 fully saturated rings. The van der Waals surface area contributed by atoms with Crippen molar-refractivity contribution in [2.45, 2.75) is 13.3 Å². The van der Waals surface area contributed by atoms with Crippen LogP contribution in [0.15, 0.2) is 42.6 Å². The molecule has 0 saturated heterocycles. The smallest absolute Gasteiger partial charge is 0.124 e. The van der Waals surface area contributed by atoms with Crippen LogP contribution in [-0.2, 0) is 6.42 Å². The Bertz CT molecular complexity index is 578. The zero-order valence-electron chi connectivity index (χ0n) is 11.1. The largest absolute Gasteiger partial charge is 0.388 e. The highest BCUT2D eigenvalue weighted by atomic mass is 32.1. The number of rotatable bonds is 4. The van der Waals surface area contributed by atoms with Crippen molar-refractivity contribution < 1.29 is 0 Å². The summed E-state index contributed by atoms with van der Waals surface area (Å²) >= 11 is 5.05. The van der Waals surface area contributed by atoms with Crippen LogP contribution in [0.1, 0.15) is 18.2 Å². The molecule has 0 aliphatic rings. The SMILES string of the molecule is CCc1ccc(N(C)c2cccnc2C(N)=S)cc1. The molecule has 0 amide bonds. The highest BCUT2D eigenvalue weighted by Crippen LogP contribution is 2.26. The standard InChI is InChI=1S/C15H17N3S/c1-3-11-6-8-12(9-7-11)18(2)13-5-4-10-17-14(13)15(16)19/h4-10H,3H2,1-2H3,(H2,16,19). The minimum atomic E-state index is 0.313. The number of nitrogens with zero attached hydrogens (tertiary/aromatic N) is 2. The molecule has 0 atom stereocenters. The fraction of sp³-hybridized carbons (Fsp3) is 0.200. The Morgan fingerprint density at radius 2 is 1.95 bits per heavy atom. The molecule has 19 heavy (non-hydrogen) atoms. The van der Waals surface area contributed by atoms with Crippen molar-refractivity contribution >= 4 is 28.6 Å². The van der Waals surface area contributed by atoms with Crippen molar-refractivity contribution in [3.63, 3.8) is 0 Å². The molecule has 0 spiro atoms. The van der Waals surface area contributed by atoms with Crippen LogP contribution in [0.25, 0.3) is 0 Å². The van der Waals surface area contributed by atoms with E-state index in [0.29, 0.717) is 10.7 Å². The van der Waals surface area contributed by atoms with Gasteiger partial charge < -0.3 is 10.6 Å². The second-order valence-electron chi connectivity index (χ2n) is 4.31. The molecule has 2 N–H and O–H groups in total. The Kier molecular flexibility index (Phi) is 4.12. The van der Waals surface area contributed by atoms with Gasteiger partial charge >= 0.3 is 0 Å². The summed E-state index contributed by atoms with van der Waals surface area (Å²) < 4.78 is 0. The van der Waals surface area contributed by atoms with Gasteiger partial charge in [0, 0.05) is 18.9 Å². The van der Waals surface area contributed by atoms with Crippen molar-refractivity contribution in [3.05, 3.63) is 53.9 Å². The number of aryl methyl sites for hydroxylation is 1. The first-order valence-corrected chi connectivity index (χ1v) is 6.61. The van der Waals surface area contributed by atoms with Crippen molar-refractivity contribution in [2.75, 3.05) is 11.9 Å². The second kappa shape index (κ2) is 5.80. The van der Waals surface area contributed by atoms with E-state index < -0.39 is 0 Å². The average Bonchev–Trinajstić information content (AvgIpc) is 2.46. The summed E-state index contributed by atoms with van der Waals surface area (Å²) in [6, 6.07) is 12.3. The maximum atomic E-state index is 5.72. The van der Waals surface area contributed by atoms with Crippen molar-refractivity contribution in [2.24, 2.45) is 5.73 Å². The predicted molar refractivity (Wildman–Crippen MR) is 84.0 cm³/mol. The first-order valence-electron chi connectivity index (χ1n) is 6.21. The topological polar surface area (TPSA) is 42.2 Å². The maximum absolute atomic E-state index is 5.72. The van der Waals surface area contributed by atoms with E-state index in [4.69, 9.17) is 18.0 Å². The normalized spacial score (nSPS) is 10.2. The van der Waals surface area contributed by atoms with Crippen LogP contribution >= 0.6 is 12.2 Å². The summed E-state index contributed by atoms with van der Waals surface area (Å²) in [5.74, 6) is 0. The molecule has 2 aromatic rings. The second-order valence-corrected chi connectivity index (χ2v) is 4.75. The molecule has 0 aliphatic carbocycles. The number of benzene rings is 1. The van der Waals surface area contributed by atoms with Gasteiger partial charge in [0.25, 0.3) is 0 Å². The maximum Gasteiger partial charge on any atom is 0.124 e. The average molecular weight is 271 g/mol. The number of anilines is 2. The molecule has 1 aromatic carbocycles. The van der Waals surface area contributed by atoms with E-state index in [2.05, 4.69) is 36.2 Å². The van der Waals surface area contributed by atoms with Crippen molar-refractivity contribution in [3.8, 4) is 0 Å². The van der Waals surface area contributed by atoms with E-state index in [1.54, 1.807) is 6.20 Å². The minimum absolute atomic E-state index is 0.313. The molecule has 0 bridgehead atoms. The highest BCUT2D eigenvalue weighted by molar-refractivity contribution is 7.80. The lowest BCUT2D eigenvalue weighted by Crippen LogP contribution is -2.19. The Balaban J connectivity index is 2.37. The van der Waals surface area contributed by atoms with Gasteiger partial charge in [0.05, 0.1) is 5.69 Å². The zero-order valence-corrected chi connectivity index (χ0v) is 11.9. The van der Waals surface area contributed by atoms with Crippen molar-refractivity contribution in [1.82, 2.24) is 4.98 Å². The predicted octanol–water partition coefficient (Wildman–Crippen LogP) is 3.05. The number of hydrogen-bond acceptors (Lipinski definition) is 3. The molecule has 1 heterocycles. The first kappa shape index (κ1) is 13.5. The molecule has 0 saturated carbocycles. The first-order chi connectivity index (χ1) is 9.13. The number of hydrogen-bond donors (Lipinski definition) is 1. The van der Waals surface area contributed by atoms with E-state index in [0.717, 1.165) is 17.8 Å². The summed E-state index contributed by atoms with van der Waals surface area (Å²) in [5.41, 5.74) is 9.69.